The Kier molecular flexibility index (Phi) is 5.43. The number of pyridine rings is 1. The maximum Gasteiger partial charge on any atom is 0.387 e. The van der Waals surface area contributed by atoms with Crippen LogP contribution in [0.2, 0.25) is 5.15 Å². The zero-order valence-electron chi connectivity index (χ0n) is 12.1. The van der Waals surface area contributed by atoms with Crippen molar-refractivity contribution in [1.82, 2.24) is 15.0 Å². The molecule has 0 unspecified atom stereocenters. The van der Waals surface area contributed by atoms with Gasteiger partial charge in [-0.15, -0.1) is 0 Å². The lowest BCUT2D eigenvalue weighted by molar-refractivity contribution is -0.0500. The van der Waals surface area contributed by atoms with E-state index in [-0.39, 0.29) is 5.75 Å². The second-order valence-electron chi connectivity index (χ2n) is 4.46. The number of aryl methyl sites for hydroxylation is 1. The molecule has 0 aromatic carbocycles. The molecule has 0 bridgehead atoms. The van der Waals surface area contributed by atoms with E-state index in [2.05, 4.69) is 25.0 Å². The summed E-state index contributed by atoms with van der Waals surface area (Å²) in [6, 6.07) is 3.04. The minimum atomic E-state index is -2.86. The highest BCUT2D eigenvalue weighted by Crippen LogP contribution is 2.22. The Bertz CT molecular complexity index is 637. The first-order chi connectivity index (χ1) is 10.5. The molecule has 5 nitrogen and oxygen atoms in total. The molecule has 2 heterocycles. The number of rotatable bonds is 6. The van der Waals surface area contributed by atoms with Crippen LogP contribution in [0.3, 0.4) is 0 Å². The molecule has 0 aliphatic carbocycles. The van der Waals surface area contributed by atoms with E-state index >= 15 is 0 Å². The highest BCUT2D eigenvalue weighted by molar-refractivity contribution is 6.30. The molecule has 0 radical (unpaired) electrons. The van der Waals surface area contributed by atoms with Crippen molar-refractivity contribution >= 4 is 17.4 Å². The first-order valence-corrected chi connectivity index (χ1v) is 7.04. The molecular formula is C14H15ClF2N4O. The van der Waals surface area contributed by atoms with Crippen molar-refractivity contribution in [3.05, 3.63) is 40.6 Å². The van der Waals surface area contributed by atoms with Gasteiger partial charge in [-0.1, -0.05) is 18.5 Å². The maximum absolute atomic E-state index is 12.1. The molecule has 118 valence electrons. The van der Waals surface area contributed by atoms with Crippen LogP contribution in [0.4, 0.5) is 14.6 Å². The smallest absolute Gasteiger partial charge is 0.387 e. The monoisotopic (exact) mass is 328 g/mol. The number of alkyl halides is 2. The fourth-order valence-corrected chi connectivity index (χ4v) is 2.23. The molecule has 8 heteroatoms. The number of halogens is 3. The summed E-state index contributed by atoms with van der Waals surface area (Å²) in [5.41, 5.74) is 1.49. The summed E-state index contributed by atoms with van der Waals surface area (Å²) in [6.45, 7) is 1.24. The Morgan fingerprint density at radius 3 is 2.68 bits per heavy atom. The van der Waals surface area contributed by atoms with Gasteiger partial charge < -0.3 is 10.1 Å². The first kappa shape index (κ1) is 16.4. The molecule has 0 spiro atoms. The lowest BCUT2D eigenvalue weighted by atomic mass is 10.2. The van der Waals surface area contributed by atoms with Crippen LogP contribution in [0.15, 0.2) is 18.3 Å². The second-order valence-corrected chi connectivity index (χ2v) is 4.82. The van der Waals surface area contributed by atoms with Gasteiger partial charge in [0.05, 0.1) is 18.4 Å². The summed E-state index contributed by atoms with van der Waals surface area (Å²) in [4.78, 5) is 12.5. The molecule has 0 saturated heterocycles. The standard InChI is InChI=1S/C14H15ClF2N4O/c1-3-11-12(15)20-8(2)21-13(11)19-6-9-4-5-10(7-18-9)22-14(16)17/h4-5,7,14H,3,6H2,1-2H3,(H,19,20,21). The predicted octanol–water partition coefficient (Wildman–Crippen LogP) is 3.61. The van der Waals surface area contributed by atoms with Crippen LogP contribution in [0, 0.1) is 6.92 Å². The van der Waals surface area contributed by atoms with Crippen molar-refractivity contribution in [1.29, 1.82) is 0 Å². The van der Waals surface area contributed by atoms with Crippen molar-refractivity contribution in [2.24, 2.45) is 0 Å². The zero-order chi connectivity index (χ0) is 16.1. The summed E-state index contributed by atoms with van der Waals surface area (Å²) in [5, 5.41) is 3.56. The normalized spacial score (nSPS) is 10.8. The number of ether oxygens (including phenoxy) is 1. The van der Waals surface area contributed by atoms with Crippen molar-refractivity contribution in [2.75, 3.05) is 5.32 Å². The van der Waals surface area contributed by atoms with E-state index in [1.807, 2.05) is 6.92 Å². The average Bonchev–Trinajstić information content (AvgIpc) is 2.45. The average molecular weight is 329 g/mol. The summed E-state index contributed by atoms with van der Waals surface area (Å²) in [5.74, 6) is 1.24. The van der Waals surface area contributed by atoms with E-state index in [1.54, 1.807) is 13.0 Å². The molecule has 22 heavy (non-hydrogen) atoms. The number of hydrogen-bond donors (Lipinski definition) is 1. The largest absolute Gasteiger partial charge is 0.433 e. The molecule has 0 aliphatic rings. The van der Waals surface area contributed by atoms with Crippen molar-refractivity contribution in [3.8, 4) is 5.75 Å². The van der Waals surface area contributed by atoms with Crippen molar-refractivity contribution < 1.29 is 13.5 Å². The molecule has 0 aliphatic heterocycles. The number of nitrogens with one attached hydrogen (secondary N) is 1. The molecule has 0 amide bonds. The van der Waals surface area contributed by atoms with Gasteiger partial charge in [-0.2, -0.15) is 8.78 Å². The topological polar surface area (TPSA) is 59.9 Å². The highest BCUT2D eigenvalue weighted by atomic mass is 35.5. The lowest BCUT2D eigenvalue weighted by Crippen LogP contribution is -2.08. The zero-order valence-corrected chi connectivity index (χ0v) is 12.9. The minimum absolute atomic E-state index is 0.0222. The predicted molar refractivity (Wildman–Crippen MR) is 79.4 cm³/mol. The maximum atomic E-state index is 12.1. The van der Waals surface area contributed by atoms with Gasteiger partial charge in [0.25, 0.3) is 0 Å². The summed E-state index contributed by atoms with van der Waals surface area (Å²) in [7, 11) is 0. The molecule has 1 N–H and O–H groups in total. The molecule has 0 atom stereocenters. The molecular weight excluding hydrogens is 314 g/mol. The van der Waals surface area contributed by atoms with Crippen LogP contribution < -0.4 is 10.1 Å². The quantitative estimate of drug-likeness (QED) is 0.821. The number of hydrogen-bond acceptors (Lipinski definition) is 5. The van der Waals surface area contributed by atoms with Gasteiger partial charge in [0.15, 0.2) is 0 Å². The Balaban J connectivity index is 2.07. The number of aromatic nitrogens is 3. The van der Waals surface area contributed by atoms with Crippen LogP contribution in [0.25, 0.3) is 0 Å². The van der Waals surface area contributed by atoms with Crippen LogP contribution in [0.1, 0.15) is 24.0 Å². The first-order valence-electron chi connectivity index (χ1n) is 6.66. The summed E-state index contributed by atoms with van der Waals surface area (Å²) >= 11 is 6.09. The fraction of sp³-hybridized carbons (Fsp3) is 0.357. The third kappa shape index (κ3) is 4.24. The van der Waals surface area contributed by atoms with Crippen molar-refractivity contribution in [3.63, 3.8) is 0 Å². The lowest BCUT2D eigenvalue weighted by Gasteiger charge is -2.12. The highest BCUT2D eigenvalue weighted by Gasteiger charge is 2.10. The van der Waals surface area contributed by atoms with E-state index in [0.717, 1.165) is 5.56 Å². The fourth-order valence-electron chi connectivity index (χ4n) is 1.88. The van der Waals surface area contributed by atoms with Gasteiger partial charge in [-0.3, -0.25) is 4.98 Å². The summed E-state index contributed by atoms with van der Waals surface area (Å²) < 4.78 is 28.4. The third-order valence-corrected chi connectivity index (χ3v) is 3.19. The SMILES string of the molecule is CCc1c(Cl)nc(C)nc1NCc1ccc(OC(F)F)cn1. The third-order valence-electron chi connectivity index (χ3n) is 2.88. The van der Waals surface area contributed by atoms with E-state index in [1.165, 1.54) is 12.3 Å². The minimum Gasteiger partial charge on any atom is -0.433 e. The van der Waals surface area contributed by atoms with Gasteiger partial charge in [0.1, 0.15) is 22.5 Å². The van der Waals surface area contributed by atoms with Gasteiger partial charge in [-0.05, 0) is 25.5 Å². The molecule has 2 aromatic rings. The van der Waals surface area contributed by atoms with Gasteiger partial charge in [0.2, 0.25) is 0 Å². The van der Waals surface area contributed by atoms with Crippen LogP contribution in [0.5, 0.6) is 5.75 Å². The second kappa shape index (κ2) is 7.31. The Hall–Kier alpha value is -2.02. The summed E-state index contributed by atoms with van der Waals surface area (Å²) in [6.07, 6.45) is 1.94. The molecule has 2 rings (SSSR count). The van der Waals surface area contributed by atoms with Gasteiger partial charge in [-0.25, -0.2) is 9.97 Å². The Morgan fingerprint density at radius 2 is 2.09 bits per heavy atom. The molecule has 2 aromatic heterocycles. The van der Waals surface area contributed by atoms with Gasteiger partial charge >= 0.3 is 6.61 Å². The number of nitrogens with zero attached hydrogens (tertiary/aromatic N) is 3. The Morgan fingerprint density at radius 1 is 1.32 bits per heavy atom. The van der Waals surface area contributed by atoms with E-state index < -0.39 is 6.61 Å². The van der Waals surface area contributed by atoms with E-state index in [0.29, 0.717) is 35.5 Å². The Labute approximate surface area is 131 Å². The van der Waals surface area contributed by atoms with Crippen molar-refractivity contribution in [2.45, 2.75) is 33.4 Å². The van der Waals surface area contributed by atoms with Crippen LogP contribution in [-0.4, -0.2) is 21.6 Å². The van der Waals surface area contributed by atoms with Crippen LogP contribution in [-0.2, 0) is 13.0 Å². The number of anilines is 1. The van der Waals surface area contributed by atoms with Crippen LogP contribution >= 0.6 is 11.6 Å². The molecule has 0 fully saturated rings. The molecule has 0 saturated carbocycles. The van der Waals surface area contributed by atoms with E-state index in [4.69, 9.17) is 11.6 Å². The van der Waals surface area contributed by atoms with Gasteiger partial charge in [0, 0.05) is 5.56 Å². The van der Waals surface area contributed by atoms with E-state index in [9.17, 15) is 8.78 Å².